The zero-order valence-electron chi connectivity index (χ0n) is 7.19. The fourth-order valence-electron chi connectivity index (χ4n) is 0.696. The van der Waals surface area contributed by atoms with E-state index in [2.05, 4.69) is 25.7 Å². The Kier molecular flexibility index (Phi) is 9.33. The number of unbranched alkanes of at least 4 members (excludes halogenated alkanes) is 2. The second-order valence-corrected chi connectivity index (χ2v) is 3.74. The van der Waals surface area contributed by atoms with Gasteiger partial charge in [0.05, 0.1) is 0 Å². The molecule has 0 radical (unpaired) electrons. The van der Waals surface area contributed by atoms with E-state index in [1.807, 2.05) is 0 Å². The molecule has 0 fully saturated rings. The molecule has 0 heterocycles. The molecule has 10 heavy (non-hydrogen) atoms. The lowest BCUT2D eigenvalue weighted by atomic mass is 10.3. The summed E-state index contributed by atoms with van der Waals surface area (Å²) in [6.45, 7) is 4.47. The van der Waals surface area contributed by atoms with Crippen molar-refractivity contribution in [2.45, 2.75) is 39.5 Å². The molecule has 1 unspecified atom stereocenters. The Balaban J connectivity index is 2.88. The minimum Gasteiger partial charge on any atom is -0.0987 e. The molecular formula is C9H19P. The summed E-state index contributed by atoms with van der Waals surface area (Å²) in [6, 6.07) is 0. The van der Waals surface area contributed by atoms with E-state index < -0.39 is 0 Å². The van der Waals surface area contributed by atoms with Gasteiger partial charge in [-0.3, -0.25) is 0 Å². The Hall–Kier alpha value is 0.170. The van der Waals surface area contributed by atoms with Gasteiger partial charge in [-0.2, -0.15) is 0 Å². The van der Waals surface area contributed by atoms with Gasteiger partial charge in [-0.15, -0.1) is 0 Å². The fraction of sp³-hybridized carbons (Fsp3) is 0.778. The molecule has 0 amide bonds. The maximum absolute atomic E-state index is 2.35. The highest BCUT2D eigenvalue weighted by Gasteiger charge is 1.79. The van der Waals surface area contributed by atoms with Gasteiger partial charge >= 0.3 is 0 Å². The molecule has 0 bridgehead atoms. The van der Waals surface area contributed by atoms with Crippen molar-refractivity contribution in [1.82, 2.24) is 0 Å². The third kappa shape index (κ3) is 8.17. The van der Waals surface area contributed by atoms with Crippen LogP contribution >= 0.6 is 8.58 Å². The third-order valence-corrected chi connectivity index (χ3v) is 2.48. The number of allylic oxidation sites excluding steroid dienone is 1. The van der Waals surface area contributed by atoms with Crippen molar-refractivity contribution in [2.75, 3.05) is 6.16 Å². The van der Waals surface area contributed by atoms with Crippen LogP contribution in [0.1, 0.15) is 39.5 Å². The minimum atomic E-state index is 1.07. The summed E-state index contributed by atoms with van der Waals surface area (Å²) < 4.78 is 0. The van der Waals surface area contributed by atoms with Crippen molar-refractivity contribution in [3.05, 3.63) is 11.9 Å². The molecule has 0 N–H and O–H groups in total. The maximum Gasteiger partial charge on any atom is -0.0319 e. The van der Waals surface area contributed by atoms with Crippen LogP contribution in [0.3, 0.4) is 0 Å². The van der Waals surface area contributed by atoms with Crippen LogP contribution in [-0.2, 0) is 0 Å². The van der Waals surface area contributed by atoms with E-state index in [1.165, 1.54) is 31.8 Å². The molecule has 0 saturated heterocycles. The van der Waals surface area contributed by atoms with Crippen LogP contribution in [0.25, 0.3) is 0 Å². The van der Waals surface area contributed by atoms with Gasteiger partial charge in [-0.25, -0.2) is 0 Å². The Morgan fingerprint density at radius 3 is 2.60 bits per heavy atom. The van der Waals surface area contributed by atoms with Crippen LogP contribution in [0.15, 0.2) is 11.9 Å². The first-order valence-corrected chi connectivity index (χ1v) is 5.58. The lowest BCUT2D eigenvalue weighted by Gasteiger charge is -1.91. The summed E-state index contributed by atoms with van der Waals surface area (Å²) in [5, 5.41) is 0. The quantitative estimate of drug-likeness (QED) is 0.407. The summed E-state index contributed by atoms with van der Waals surface area (Å²) in [6.07, 6.45) is 9.00. The average Bonchev–Trinajstić information content (AvgIpc) is 1.97. The predicted octanol–water partition coefficient (Wildman–Crippen LogP) is 3.78. The normalized spacial score (nSPS) is 12.2. The van der Waals surface area contributed by atoms with E-state index in [4.69, 9.17) is 0 Å². The standard InChI is InChI=1S/C9H19P/c1-3-5-7-9-10-8-6-4-2/h7,9-10H,3-6,8H2,1-2H3. The van der Waals surface area contributed by atoms with Gasteiger partial charge in [0.15, 0.2) is 0 Å². The van der Waals surface area contributed by atoms with Gasteiger partial charge < -0.3 is 0 Å². The van der Waals surface area contributed by atoms with E-state index in [0.29, 0.717) is 0 Å². The van der Waals surface area contributed by atoms with Gasteiger partial charge in [0.2, 0.25) is 0 Å². The highest BCUT2D eigenvalue weighted by atomic mass is 31.1. The van der Waals surface area contributed by atoms with Crippen molar-refractivity contribution < 1.29 is 0 Å². The molecule has 0 nitrogen and oxygen atoms in total. The van der Waals surface area contributed by atoms with E-state index in [9.17, 15) is 0 Å². The molecule has 0 aliphatic rings. The van der Waals surface area contributed by atoms with Crippen LogP contribution < -0.4 is 0 Å². The Bertz CT molecular complexity index is 76.8. The molecule has 0 saturated carbocycles. The monoisotopic (exact) mass is 158 g/mol. The van der Waals surface area contributed by atoms with Gasteiger partial charge in [0, 0.05) is 0 Å². The third-order valence-electron chi connectivity index (χ3n) is 1.37. The Morgan fingerprint density at radius 2 is 2.00 bits per heavy atom. The predicted molar refractivity (Wildman–Crippen MR) is 52.1 cm³/mol. The summed E-state index contributed by atoms with van der Waals surface area (Å²) in [5.74, 6) is 2.35. The first-order chi connectivity index (χ1) is 4.91. The van der Waals surface area contributed by atoms with Crippen LogP contribution in [0.4, 0.5) is 0 Å². The summed E-state index contributed by atoms with van der Waals surface area (Å²) in [7, 11) is 1.07. The highest BCUT2D eigenvalue weighted by molar-refractivity contribution is 7.41. The second kappa shape index (κ2) is 9.17. The van der Waals surface area contributed by atoms with Crippen LogP contribution in [0, 0.1) is 0 Å². The zero-order chi connectivity index (χ0) is 7.66. The maximum atomic E-state index is 2.35. The molecular weight excluding hydrogens is 139 g/mol. The molecule has 0 aliphatic carbocycles. The lowest BCUT2D eigenvalue weighted by molar-refractivity contribution is 0.895. The van der Waals surface area contributed by atoms with Gasteiger partial charge in [0.25, 0.3) is 0 Å². The fourth-order valence-corrected chi connectivity index (χ4v) is 1.75. The summed E-state index contributed by atoms with van der Waals surface area (Å²) in [4.78, 5) is 0. The largest absolute Gasteiger partial charge is 0.0987 e. The van der Waals surface area contributed by atoms with Crippen molar-refractivity contribution in [2.24, 2.45) is 0 Å². The molecule has 1 atom stereocenters. The van der Waals surface area contributed by atoms with E-state index in [0.717, 1.165) is 8.58 Å². The topological polar surface area (TPSA) is 0 Å². The molecule has 0 aliphatic heterocycles. The van der Waals surface area contributed by atoms with Crippen molar-refractivity contribution in [3.8, 4) is 0 Å². The molecule has 0 aromatic rings. The van der Waals surface area contributed by atoms with Crippen LogP contribution in [-0.4, -0.2) is 6.16 Å². The molecule has 0 aromatic carbocycles. The molecule has 60 valence electrons. The number of hydrogen-bond donors (Lipinski definition) is 0. The molecule has 1 heteroatoms. The number of hydrogen-bond acceptors (Lipinski definition) is 0. The number of rotatable bonds is 6. The minimum absolute atomic E-state index is 1.07. The Labute approximate surface area is 66.9 Å². The first-order valence-electron chi connectivity index (χ1n) is 4.30. The summed E-state index contributed by atoms with van der Waals surface area (Å²) in [5.41, 5.74) is 0. The molecule has 0 spiro atoms. The average molecular weight is 158 g/mol. The van der Waals surface area contributed by atoms with E-state index >= 15 is 0 Å². The highest BCUT2D eigenvalue weighted by Crippen LogP contribution is 2.14. The van der Waals surface area contributed by atoms with E-state index in [-0.39, 0.29) is 0 Å². The van der Waals surface area contributed by atoms with Crippen LogP contribution in [0.2, 0.25) is 0 Å². The van der Waals surface area contributed by atoms with Crippen molar-refractivity contribution in [3.63, 3.8) is 0 Å². The Morgan fingerprint density at radius 1 is 1.20 bits per heavy atom. The molecule has 0 rings (SSSR count). The SMILES string of the molecule is CCCC=CPCCCC. The molecule has 0 aromatic heterocycles. The van der Waals surface area contributed by atoms with Crippen LogP contribution in [0.5, 0.6) is 0 Å². The zero-order valence-corrected chi connectivity index (χ0v) is 8.19. The summed E-state index contributed by atoms with van der Waals surface area (Å²) >= 11 is 0. The second-order valence-electron chi connectivity index (χ2n) is 2.50. The van der Waals surface area contributed by atoms with Crippen molar-refractivity contribution in [1.29, 1.82) is 0 Å². The van der Waals surface area contributed by atoms with Gasteiger partial charge in [-0.1, -0.05) is 47.2 Å². The smallest absolute Gasteiger partial charge is 0.0319 e. The lowest BCUT2D eigenvalue weighted by Crippen LogP contribution is -1.70. The first kappa shape index (κ1) is 10.2. The van der Waals surface area contributed by atoms with Crippen molar-refractivity contribution >= 4 is 8.58 Å². The van der Waals surface area contributed by atoms with E-state index in [1.54, 1.807) is 0 Å². The van der Waals surface area contributed by atoms with Gasteiger partial charge in [-0.05, 0) is 19.0 Å². The van der Waals surface area contributed by atoms with Gasteiger partial charge in [0.1, 0.15) is 0 Å².